The van der Waals surface area contributed by atoms with Gasteiger partial charge >= 0.3 is 0 Å². The van der Waals surface area contributed by atoms with Crippen molar-refractivity contribution in [2.75, 3.05) is 11.9 Å². The number of benzene rings is 1. The van der Waals surface area contributed by atoms with Crippen molar-refractivity contribution in [3.8, 4) is 5.75 Å². The van der Waals surface area contributed by atoms with Crippen LogP contribution < -0.4 is 10.1 Å². The number of aryl methyl sites for hydroxylation is 1. The van der Waals surface area contributed by atoms with E-state index in [2.05, 4.69) is 10.3 Å². The maximum absolute atomic E-state index is 11.8. The fourth-order valence-electron chi connectivity index (χ4n) is 1.80. The van der Waals surface area contributed by atoms with E-state index in [4.69, 9.17) is 16.3 Å². The zero-order valence-corrected chi connectivity index (χ0v) is 14.5. The highest BCUT2D eigenvalue weighted by Crippen LogP contribution is 2.21. The number of carbonyl (C=O) groups is 2. The van der Waals surface area contributed by atoms with Gasteiger partial charge in [-0.1, -0.05) is 11.6 Å². The van der Waals surface area contributed by atoms with Crippen molar-refractivity contribution in [2.45, 2.75) is 26.7 Å². The van der Waals surface area contributed by atoms with Crippen LogP contribution in [0.25, 0.3) is 0 Å². The summed E-state index contributed by atoms with van der Waals surface area (Å²) in [5.74, 6) is 0.470. The molecule has 0 radical (unpaired) electrons. The number of halogens is 1. The van der Waals surface area contributed by atoms with Crippen molar-refractivity contribution in [1.29, 1.82) is 0 Å². The lowest BCUT2D eigenvalue weighted by Crippen LogP contribution is -2.12. The molecule has 5 nitrogen and oxygen atoms in total. The molecular weight excluding hydrogens is 336 g/mol. The van der Waals surface area contributed by atoms with E-state index in [0.29, 0.717) is 35.3 Å². The third-order valence-electron chi connectivity index (χ3n) is 3.06. The van der Waals surface area contributed by atoms with Crippen LogP contribution in [0.15, 0.2) is 23.6 Å². The summed E-state index contributed by atoms with van der Waals surface area (Å²) < 4.78 is 5.58. The van der Waals surface area contributed by atoms with Crippen molar-refractivity contribution in [1.82, 2.24) is 4.98 Å². The van der Waals surface area contributed by atoms with Gasteiger partial charge in [-0.15, -0.1) is 11.3 Å². The predicted octanol–water partition coefficient (Wildman–Crippen LogP) is 4.11. The Labute approximate surface area is 143 Å². The van der Waals surface area contributed by atoms with Crippen LogP contribution in [0.1, 0.15) is 35.8 Å². The maximum atomic E-state index is 11.8. The molecule has 1 heterocycles. The average Bonchev–Trinajstić information content (AvgIpc) is 2.96. The Bertz CT molecular complexity index is 715. The number of hydrogen-bond donors (Lipinski definition) is 1. The zero-order chi connectivity index (χ0) is 16.8. The Morgan fingerprint density at radius 2 is 2.17 bits per heavy atom. The maximum Gasteiger partial charge on any atom is 0.226 e. The quantitative estimate of drug-likeness (QED) is 0.601. The van der Waals surface area contributed by atoms with Crippen LogP contribution in [-0.2, 0) is 4.79 Å². The number of carbonyl (C=O) groups excluding carboxylic acids is 2. The first-order valence-corrected chi connectivity index (χ1v) is 8.36. The van der Waals surface area contributed by atoms with Gasteiger partial charge in [-0.3, -0.25) is 9.59 Å². The molecule has 0 saturated carbocycles. The van der Waals surface area contributed by atoms with Crippen LogP contribution in [0.4, 0.5) is 5.13 Å². The summed E-state index contributed by atoms with van der Waals surface area (Å²) in [7, 11) is 0. The fourth-order valence-corrected chi connectivity index (χ4v) is 2.69. The van der Waals surface area contributed by atoms with Crippen LogP contribution in [0.5, 0.6) is 5.75 Å². The van der Waals surface area contributed by atoms with Gasteiger partial charge in [0.1, 0.15) is 11.4 Å². The van der Waals surface area contributed by atoms with Gasteiger partial charge in [-0.25, -0.2) is 4.98 Å². The number of ether oxygens (including phenoxy) is 1. The molecule has 0 spiro atoms. The lowest BCUT2D eigenvalue weighted by atomic mass is 10.2. The number of amides is 1. The molecule has 0 aliphatic rings. The topological polar surface area (TPSA) is 68.3 Å². The molecule has 1 aromatic heterocycles. The molecule has 2 aromatic rings. The number of rotatable bonds is 7. The van der Waals surface area contributed by atoms with Crippen molar-refractivity contribution in [3.63, 3.8) is 0 Å². The predicted molar refractivity (Wildman–Crippen MR) is 91.7 cm³/mol. The van der Waals surface area contributed by atoms with E-state index in [0.717, 1.165) is 11.3 Å². The summed E-state index contributed by atoms with van der Waals surface area (Å²) in [5.41, 5.74) is 1.32. The summed E-state index contributed by atoms with van der Waals surface area (Å²) in [4.78, 5) is 27.0. The number of ketones is 1. The molecule has 122 valence electrons. The van der Waals surface area contributed by atoms with Crippen LogP contribution in [-0.4, -0.2) is 23.3 Å². The highest BCUT2D eigenvalue weighted by atomic mass is 35.5. The van der Waals surface area contributed by atoms with Crippen LogP contribution in [0.3, 0.4) is 0 Å². The molecule has 0 aliphatic carbocycles. The monoisotopic (exact) mass is 352 g/mol. The largest absolute Gasteiger partial charge is 0.494 e. The minimum absolute atomic E-state index is 0.117. The molecule has 0 saturated heterocycles. The lowest BCUT2D eigenvalue weighted by Gasteiger charge is -2.07. The third kappa shape index (κ3) is 5.33. The first kappa shape index (κ1) is 17.4. The van der Waals surface area contributed by atoms with E-state index >= 15 is 0 Å². The summed E-state index contributed by atoms with van der Waals surface area (Å²) in [6, 6.07) is 5.45. The summed E-state index contributed by atoms with van der Waals surface area (Å²) in [5, 5.41) is 5.44. The smallest absolute Gasteiger partial charge is 0.226 e. The lowest BCUT2D eigenvalue weighted by molar-refractivity contribution is -0.116. The highest BCUT2D eigenvalue weighted by Gasteiger charge is 2.09. The molecule has 1 aromatic carbocycles. The Hall–Kier alpha value is -1.92. The second kappa shape index (κ2) is 8.08. The van der Waals surface area contributed by atoms with Crippen LogP contribution >= 0.6 is 22.9 Å². The van der Waals surface area contributed by atoms with Crippen LogP contribution in [0, 0.1) is 6.92 Å². The SMILES string of the molecule is CC(=O)c1csc(NC(=O)CCCOc2ccc(Cl)c(C)c2)n1. The van der Waals surface area contributed by atoms with Crippen molar-refractivity contribution >= 4 is 39.8 Å². The minimum atomic E-state index is -0.148. The van der Waals surface area contributed by atoms with Gasteiger partial charge < -0.3 is 10.1 Å². The molecule has 0 fully saturated rings. The molecule has 0 aliphatic heterocycles. The summed E-state index contributed by atoms with van der Waals surface area (Å²) in [6.45, 7) is 3.79. The second-order valence-electron chi connectivity index (χ2n) is 5.01. The third-order valence-corrected chi connectivity index (χ3v) is 4.24. The van der Waals surface area contributed by atoms with Gasteiger partial charge in [-0.2, -0.15) is 0 Å². The zero-order valence-electron chi connectivity index (χ0n) is 12.9. The Morgan fingerprint density at radius 1 is 1.39 bits per heavy atom. The van der Waals surface area contributed by atoms with Gasteiger partial charge in [0, 0.05) is 23.7 Å². The van der Waals surface area contributed by atoms with Crippen molar-refractivity contribution < 1.29 is 14.3 Å². The van der Waals surface area contributed by atoms with Crippen molar-refractivity contribution in [3.05, 3.63) is 39.9 Å². The summed E-state index contributed by atoms with van der Waals surface area (Å²) >= 11 is 7.18. The molecular formula is C16H17ClN2O3S. The summed E-state index contributed by atoms with van der Waals surface area (Å²) in [6.07, 6.45) is 0.903. The average molecular weight is 353 g/mol. The van der Waals surface area contributed by atoms with E-state index in [1.807, 2.05) is 13.0 Å². The van der Waals surface area contributed by atoms with Gasteiger partial charge in [0.05, 0.1) is 6.61 Å². The number of nitrogens with zero attached hydrogens (tertiary/aromatic N) is 1. The van der Waals surface area contributed by atoms with E-state index in [1.54, 1.807) is 17.5 Å². The Balaban J connectivity index is 1.72. The normalized spacial score (nSPS) is 10.4. The van der Waals surface area contributed by atoms with Gasteiger partial charge in [-0.05, 0) is 37.1 Å². The van der Waals surface area contributed by atoms with Gasteiger partial charge in [0.2, 0.25) is 5.91 Å². The highest BCUT2D eigenvalue weighted by molar-refractivity contribution is 7.14. The van der Waals surface area contributed by atoms with Gasteiger partial charge in [0.15, 0.2) is 10.9 Å². The number of anilines is 1. The molecule has 1 N–H and O–H groups in total. The number of Topliss-reactive ketones (excluding diaryl/α,β-unsaturated/α-hetero) is 1. The molecule has 23 heavy (non-hydrogen) atoms. The van der Waals surface area contributed by atoms with E-state index in [1.165, 1.54) is 18.3 Å². The second-order valence-corrected chi connectivity index (χ2v) is 6.27. The molecule has 0 bridgehead atoms. The molecule has 0 unspecified atom stereocenters. The van der Waals surface area contributed by atoms with E-state index < -0.39 is 0 Å². The van der Waals surface area contributed by atoms with Crippen molar-refractivity contribution in [2.24, 2.45) is 0 Å². The fraction of sp³-hybridized carbons (Fsp3) is 0.312. The molecule has 1 amide bonds. The first-order valence-electron chi connectivity index (χ1n) is 7.11. The van der Waals surface area contributed by atoms with Crippen LogP contribution in [0.2, 0.25) is 5.02 Å². The number of aromatic nitrogens is 1. The Morgan fingerprint density at radius 3 is 2.83 bits per heavy atom. The van der Waals surface area contributed by atoms with E-state index in [9.17, 15) is 9.59 Å². The molecule has 7 heteroatoms. The standard InChI is InChI=1S/C16H17ClN2O3S/c1-10-8-12(5-6-13(10)17)22-7-3-4-15(21)19-16-18-14(9-23-16)11(2)20/h5-6,8-9H,3-4,7H2,1-2H3,(H,18,19,21). The minimum Gasteiger partial charge on any atom is -0.494 e. The van der Waals surface area contributed by atoms with E-state index in [-0.39, 0.29) is 11.7 Å². The number of thiazole rings is 1. The molecule has 2 rings (SSSR count). The Kier molecular flexibility index (Phi) is 6.12. The number of nitrogens with one attached hydrogen (secondary N) is 1. The number of hydrogen-bond acceptors (Lipinski definition) is 5. The first-order chi connectivity index (χ1) is 11.0. The molecule has 0 atom stereocenters. The van der Waals surface area contributed by atoms with Gasteiger partial charge in [0.25, 0.3) is 0 Å².